The summed E-state index contributed by atoms with van der Waals surface area (Å²) in [6, 6.07) is 4.71. The number of hydrazine groups is 1. The highest BCUT2D eigenvalue weighted by atomic mass is 35.5. The molecule has 15 heteroatoms. The topological polar surface area (TPSA) is 58.1 Å². The number of alkyl halides is 6. The number of nitrogens with one attached hydrogen (secondary N) is 1. The highest BCUT2D eigenvalue weighted by molar-refractivity contribution is 6.48. The van der Waals surface area contributed by atoms with Gasteiger partial charge in [-0.25, -0.2) is 19.4 Å². The molecule has 1 aromatic heterocycles. The lowest BCUT2D eigenvalue weighted by Gasteiger charge is -2.23. The molecule has 0 radical (unpaired) electrons. The standard InChI is InChI=1S/C25H16Cl3F7N4O/c1-2-8-39(23-36-6-3-7-37-23)38-22(40)15-5-4-13(9-17(15)25(33,34)35)20(29)12-16(24(30,31)32)14-10-18(26)21(28)19(27)11-14/h2-7,9-12,16H,1,8H2,(H,38,40). The van der Waals surface area contributed by atoms with Crippen molar-refractivity contribution < 1.29 is 35.5 Å². The summed E-state index contributed by atoms with van der Waals surface area (Å²) in [5, 5.41) is 0.105. The second-order valence-corrected chi connectivity index (χ2v) is 9.17. The molecule has 0 aliphatic rings. The Morgan fingerprint density at radius 3 is 2.15 bits per heavy atom. The number of rotatable bonds is 8. The second-order valence-electron chi connectivity index (χ2n) is 7.98. The van der Waals surface area contributed by atoms with Gasteiger partial charge in [0.25, 0.3) is 5.91 Å². The van der Waals surface area contributed by atoms with Crippen molar-refractivity contribution in [2.24, 2.45) is 0 Å². The fourth-order valence-corrected chi connectivity index (χ4v) is 4.04. The van der Waals surface area contributed by atoms with Crippen LogP contribution in [0.3, 0.4) is 0 Å². The van der Waals surface area contributed by atoms with E-state index in [1.807, 2.05) is 0 Å². The minimum atomic E-state index is -5.18. The van der Waals surface area contributed by atoms with Gasteiger partial charge in [0, 0.05) is 18.0 Å². The molecule has 1 N–H and O–H groups in total. The Kier molecular flexibility index (Phi) is 9.70. The van der Waals surface area contributed by atoms with Gasteiger partial charge in [-0.3, -0.25) is 10.2 Å². The number of nitrogens with zero attached hydrogens (tertiary/aromatic N) is 3. The van der Waals surface area contributed by atoms with E-state index in [2.05, 4.69) is 22.0 Å². The molecular weight excluding hydrogens is 612 g/mol. The molecular formula is C25H16Cl3F7N4O. The van der Waals surface area contributed by atoms with Gasteiger partial charge >= 0.3 is 12.4 Å². The largest absolute Gasteiger partial charge is 0.417 e. The number of amides is 1. The minimum absolute atomic E-state index is 0.0597. The van der Waals surface area contributed by atoms with Gasteiger partial charge in [0.15, 0.2) is 0 Å². The van der Waals surface area contributed by atoms with Gasteiger partial charge in [0.1, 0.15) is 11.7 Å². The maximum Gasteiger partial charge on any atom is 0.417 e. The summed E-state index contributed by atoms with van der Waals surface area (Å²) in [4.78, 5) is 20.6. The Morgan fingerprint density at radius 2 is 1.62 bits per heavy atom. The summed E-state index contributed by atoms with van der Waals surface area (Å²) in [7, 11) is 0. The summed E-state index contributed by atoms with van der Waals surface area (Å²) in [5.74, 6) is -5.62. The third-order valence-corrected chi connectivity index (χ3v) is 6.41. The highest BCUT2D eigenvalue weighted by Gasteiger charge is 2.41. The Balaban J connectivity index is 2.03. The van der Waals surface area contributed by atoms with Crippen LogP contribution < -0.4 is 10.4 Å². The molecule has 40 heavy (non-hydrogen) atoms. The van der Waals surface area contributed by atoms with Crippen LogP contribution in [0.4, 0.5) is 36.7 Å². The zero-order chi connectivity index (χ0) is 29.8. The molecule has 0 bridgehead atoms. The first-order valence-electron chi connectivity index (χ1n) is 10.9. The van der Waals surface area contributed by atoms with Crippen molar-refractivity contribution in [1.82, 2.24) is 15.4 Å². The Morgan fingerprint density at radius 1 is 1.02 bits per heavy atom. The summed E-state index contributed by atoms with van der Waals surface area (Å²) in [5.41, 5.74) is -1.78. The van der Waals surface area contributed by atoms with Crippen LogP contribution in [0.2, 0.25) is 15.1 Å². The zero-order valence-electron chi connectivity index (χ0n) is 19.8. The number of anilines is 1. The van der Waals surface area contributed by atoms with Crippen LogP contribution in [0.25, 0.3) is 5.83 Å². The molecule has 1 atom stereocenters. The average Bonchev–Trinajstić information content (AvgIpc) is 2.88. The number of halogens is 10. The van der Waals surface area contributed by atoms with Crippen LogP contribution in [0.15, 0.2) is 67.5 Å². The molecule has 0 spiro atoms. The third kappa shape index (κ3) is 7.43. The lowest BCUT2D eigenvalue weighted by atomic mass is 9.95. The number of hydrogen-bond acceptors (Lipinski definition) is 4. The van der Waals surface area contributed by atoms with Gasteiger partial charge in [-0.05, 0) is 42.0 Å². The highest BCUT2D eigenvalue weighted by Crippen LogP contribution is 2.42. The lowest BCUT2D eigenvalue weighted by Crippen LogP contribution is -2.44. The summed E-state index contributed by atoms with van der Waals surface area (Å²) >= 11 is 17.4. The van der Waals surface area contributed by atoms with Gasteiger partial charge < -0.3 is 0 Å². The molecule has 0 fully saturated rings. The number of carbonyl (C=O) groups excluding carboxylic acids is 1. The molecule has 3 rings (SSSR count). The van der Waals surface area contributed by atoms with E-state index in [1.54, 1.807) is 0 Å². The molecule has 1 amide bonds. The number of aromatic nitrogens is 2. The fraction of sp³-hybridized carbons (Fsp3) is 0.160. The van der Waals surface area contributed by atoms with Crippen molar-refractivity contribution in [1.29, 1.82) is 0 Å². The van der Waals surface area contributed by atoms with E-state index < -0.39 is 52.3 Å². The normalized spacial score (nSPS) is 13.1. The van der Waals surface area contributed by atoms with Crippen LogP contribution >= 0.6 is 34.8 Å². The second kappa shape index (κ2) is 12.4. The minimum Gasteiger partial charge on any atom is -0.267 e. The lowest BCUT2D eigenvalue weighted by molar-refractivity contribution is -0.140. The zero-order valence-corrected chi connectivity index (χ0v) is 22.1. The first-order chi connectivity index (χ1) is 18.6. The third-order valence-electron chi connectivity index (χ3n) is 5.22. The van der Waals surface area contributed by atoms with Crippen molar-refractivity contribution in [2.45, 2.75) is 18.3 Å². The molecule has 3 aromatic rings. The first kappa shape index (κ1) is 31.2. The van der Waals surface area contributed by atoms with E-state index in [-0.39, 0.29) is 39.7 Å². The predicted octanol–water partition coefficient (Wildman–Crippen LogP) is 8.45. The monoisotopic (exact) mass is 626 g/mol. The van der Waals surface area contributed by atoms with Crippen molar-refractivity contribution in [2.75, 3.05) is 11.6 Å². The van der Waals surface area contributed by atoms with E-state index in [9.17, 15) is 31.1 Å². The molecule has 2 aromatic carbocycles. The smallest absolute Gasteiger partial charge is 0.267 e. The SMILES string of the molecule is C=CCN(NC(=O)c1ccc(C(F)=CC(c2cc(Cl)c(Cl)c(Cl)c2)C(F)(F)F)cc1C(F)(F)F)c1ncccn1. The van der Waals surface area contributed by atoms with Gasteiger partial charge in [-0.15, -0.1) is 6.58 Å². The van der Waals surface area contributed by atoms with Crippen molar-refractivity contribution >= 4 is 52.5 Å². The molecule has 0 aliphatic heterocycles. The first-order valence-corrected chi connectivity index (χ1v) is 12.0. The Hall–Kier alpha value is -3.35. The average molecular weight is 628 g/mol. The van der Waals surface area contributed by atoms with E-state index in [0.717, 1.165) is 23.2 Å². The molecule has 212 valence electrons. The quantitative estimate of drug-likeness (QED) is 0.118. The van der Waals surface area contributed by atoms with Gasteiger partial charge in [0.05, 0.1) is 32.7 Å². The molecule has 1 unspecified atom stereocenters. The Bertz CT molecular complexity index is 1410. The van der Waals surface area contributed by atoms with E-state index in [0.29, 0.717) is 6.07 Å². The van der Waals surface area contributed by atoms with E-state index >= 15 is 4.39 Å². The molecule has 0 aliphatic carbocycles. The summed E-state index contributed by atoms with van der Waals surface area (Å²) in [6.45, 7) is 3.40. The number of carbonyl (C=O) groups is 1. The van der Waals surface area contributed by atoms with Gasteiger partial charge in [-0.1, -0.05) is 46.9 Å². The fourth-order valence-electron chi connectivity index (χ4n) is 3.42. The summed E-state index contributed by atoms with van der Waals surface area (Å²) < 4.78 is 98.3. The number of allylic oxidation sites excluding steroid dienone is 1. The molecule has 5 nitrogen and oxygen atoms in total. The maximum atomic E-state index is 15.1. The van der Waals surface area contributed by atoms with Gasteiger partial charge in [-0.2, -0.15) is 26.3 Å². The predicted molar refractivity (Wildman–Crippen MR) is 138 cm³/mol. The van der Waals surface area contributed by atoms with E-state index in [1.165, 1.54) is 24.5 Å². The molecule has 0 saturated heterocycles. The molecule has 1 heterocycles. The van der Waals surface area contributed by atoms with Crippen molar-refractivity contribution in [3.8, 4) is 0 Å². The van der Waals surface area contributed by atoms with Gasteiger partial charge in [0.2, 0.25) is 5.95 Å². The van der Waals surface area contributed by atoms with Crippen LogP contribution in [-0.2, 0) is 6.18 Å². The van der Waals surface area contributed by atoms with Crippen LogP contribution in [-0.4, -0.2) is 28.6 Å². The summed E-state index contributed by atoms with van der Waals surface area (Å²) in [6.07, 6.45) is -6.22. The van der Waals surface area contributed by atoms with Crippen molar-refractivity contribution in [3.63, 3.8) is 0 Å². The number of benzene rings is 2. The van der Waals surface area contributed by atoms with Crippen molar-refractivity contribution in [3.05, 3.63) is 105 Å². The van der Waals surface area contributed by atoms with Crippen LogP contribution in [0.1, 0.15) is 33.0 Å². The Labute approximate surface area is 237 Å². The van der Waals surface area contributed by atoms with Crippen LogP contribution in [0.5, 0.6) is 0 Å². The molecule has 0 saturated carbocycles. The van der Waals surface area contributed by atoms with Crippen LogP contribution in [0, 0.1) is 0 Å². The number of hydrogen-bond donors (Lipinski definition) is 1. The van der Waals surface area contributed by atoms with E-state index in [4.69, 9.17) is 34.8 Å². The maximum absolute atomic E-state index is 15.1.